The van der Waals surface area contributed by atoms with E-state index in [-0.39, 0.29) is 5.84 Å². The summed E-state index contributed by atoms with van der Waals surface area (Å²) < 4.78 is 0. The minimum atomic E-state index is 0.285. The number of hydrogen-bond donors (Lipinski definition) is 2. The summed E-state index contributed by atoms with van der Waals surface area (Å²) in [6, 6.07) is 0.643. The summed E-state index contributed by atoms with van der Waals surface area (Å²) in [5, 5.41) is 7.09. The molecule has 0 heterocycles. The van der Waals surface area contributed by atoms with E-state index in [1.165, 1.54) is 12.8 Å². The molecule has 12 heavy (non-hydrogen) atoms. The van der Waals surface area contributed by atoms with Gasteiger partial charge in [-0.25, -0.2) is 0 Å². The Hall–Kier alpha value is -0.570. The summed E-state index contributed by atoms with van der Waals surface area (Å²) in [5.41, 5.74) is 5.28. The Morgan fingerprint density at radius 1 is 1.42 bits per heavy atom. The molecule has 0 fully saturated rings. The first kappa shape index (κ1) is 11.4. The molecular weight excluding hydrogens is 150 g/mol. The first-order valence-corrected chi connectivity index (χ1v) is 4.64. The maximum Gasteiger partial charge on any atom is 0.0918 e. The third-order valence-corrected chi connectivity index (χ3v) is 2.30. The standard InChI is InChI=1S/C9H21N3/c1-4-8(5-2)12(3)7-6-9(10)11/h8H,4-7H2,1-3H3,(H3,10,11). The molecule has 0 atom stereocenters. The molecule has 3 nitrogen and oxygen atoms in total. The molecule has 0 aliphatic heterocycles. The zero-order valence-electron chi connectivity index (χ0n) is 8.43. The molecule has 0 rings (SSSR count). The SMILES string of the molecule is CCC(CC)N(C)CCC(=N)N. The topological polar surface area (TPSA) is 53.1 Å². The molecule has 0 aromatic carbocycles. The molecule has 0 saturated heterocycles. The van der Waals surface area contributed by atoms with Crippen molar-refractivity contribution in [1.29, 1.82) is 5.41 Å². The van der Waals surface area contributed by atoms with Crippen LogP contribution in [-0.2, 0) is 0 Å². The Kier molecular flexibility index (Phi) is 5.72. The van der Waals surface area contributed by atoms with Crippen LogP contribution < -0.4 is 5.73 Å². The van der Waals surface area contributed by atoms with E-state index in [4.69, 9.17) is 11.1 Å². The van der Waals surface area contributed by atoms with Crippen molar-refractivity contribution in [3.8, 4) is 0 Å². The van der Waals surface area contributed by atoms with Gasteiger partial charge in [0.05, 0.1) is 5.84 Å². The van der Waals surface area contributed by atoms with Crippen molar-refractivity contribution in [3.63, 3.8) is 0 Å². The fourth-order valence-electron chi connectivity index (χ4n) is 1.39. The second-order valence-electron chi connectivity index (χ2n) is 3.23. The summed E-state index contributed by atoms with van der Waals surface area (Å²) in [6.45, 7) is 5.29. The van der Waals surface area contributed by atoms with E-state index < -0.39 is 0 Å². The fraction of sp³-hybridized carbons (Fsp3) is 0.889. The molecule has 3 N–H and O–H groups in total. The lowest BCUT2D eigenvalue weighted by atomic mass is 10.1. The van der Waals surface area contributed by atoms with Gasteiger partial charge in [0.15, 0.2) is 0 Å². The molecular formula is C9H21N3. The highest BCUT2D eigenvalue weighted by atomic mass is 15.1. The summed E-state index contributed by atoms with van der Waals surface area (Å²) in [6.07, 6.45) is 3.03. The average Bonchev–Trinajstić information content (AvgIpc) is 2.03. The Bertz CT molecular complexity index is 130. The van der Waals surface area contributed by atoms with Crippen LogP contribution in [0.3, 0.4) is 0 Å². The third-order valence-electron chi connectivity index (χ3n) is 2.30. The number of hydrogen-bond acceptors (Lipinski definition) is 2. The van der Waals surface area contributed by atoms with Gasteiger partial charge in [-0.1, -0.05) is 13.8 Å². The van der Waals surface area contributed by atoms with Crippen molar-refractivity contribution >= 4 is 5.84 Å². The molecule has 0 saturated carbocycles. The van der Waals surface area contributed by atoms with E-state index in [2.05, 4.69) is 25.8 Å². The maximum absolute atomic E-state index is 7.09. The van der Waals surface area contributed by atoms with Crippen LogP contribution in [0.15, 0.2) is 0 Å². The van der Waals surface area contributed by atoms with Crippen molar-refractivity contribution < 1.29 is 0 Å². The molecule has 0 aromatic heterocycles. The maximum atomic E-state index is 7.09. The molecule has 72 valence electrons. The monoisotopic (exact) mass is 171 g/mol. The number of amidine groups is 1. The van der Waals surface area contributed by atoms with Gasteiger partial charge in [0.2, 0.25) is 0 Å². The van der Waals surface area contributed by atoms with Gasteiger partial charge in [0.25, 0.3) is 0 Å². The van der Waals surface area contributed by atoms with Gasteiger partial charge in [0.1, 0.15) is 0 Å². The number of nitrogens with one attached hydrogen (secondary N) is 1. The lowest BCUT2D eigenvalue weighted by molar-refractivity contribution is 0.235. The van der Waals surface area contributed by atoms with Crippen molar-refractivity contribution in [2.24, 2.45) is 5.73 Å². The highest BCUT2D eigenvalue weighted by molar-refractivity contribution is 5.76. The van der Waals surface area contributed by atoms with Crippen LogP contribution in [0.25, 0.3) is 0 Å². The van der Waals surface area contributed by atoms with Gasteiger partial charge in [-0.15, -0.1) is 0 Å². The van der Waals surface area contributed by atoms with Crippen molar-refractivity contribution in [2.75, 3.05) is 13.6 Å². The first-order chi connectivity index (χ1) is 5.61. The summed E-state index contributed by atoms with van der Waals surface area (Å²) in [7, 11) is 2.10. The average molecular weight is 171 g/mol. The van der Waals surface area contributed by atoms with Crippen LogP contribution >= 0.6 is 0 Å². The lowest BCUT2D eigenvalue weighted by Gasteiger charge is -2.25. The fourth-order valence-corrected chi connectivity index (χ4v) is 1.39. The molecule has 0 bridgehead atoms. The van der Waals surface area contributed by atoms with Crippen LogP contribution in [0.4, 0.5) is 0 Å². The third kappa shape index (κ3) is 4.34. The van der Waals surface area contributed by atoms with E-state index in [1.807, 2.05) is 0 Å². The van der Waals surface area contributed by atoms with E-state index in [0.29, 0.717) is 12.5 Å². The largest absolute Gasteiger partial charge is 0.388 e. The summed E-state index contributed by atoms with van der Waals surface area (Å²) in [4.78, 5) is 2.28. The summed E-state index contributed by atoms with van der Waals surface area (Å²) in [5.74, 6) is 0.285. The summed E-state index contributed by atoms with van der Waals surface area (Å²) >= 11 is 0. The van der Waals surface area contributed by atoms with Gasteiger partial charge >= 0.3 is 0 Å². The van der Waals surface area contributed by atoms with E-state index >= 15 is 0 Å². The van der Waals surface area contributed by atoms with E-state index in [0.717, 1.165) is 6.54 Å². The van der Waals surface area contributed by atoms with Crippen molar-refractivity contribution in [2.45, 2.75) is 39.2 Å². The van der Waals surface area contributed by atoms with Gasteiger partial charge in [0, 0.05) is 19.0 Å². The van der Waals surface area contributed by atoms with Gasteiger partial charge in [-0.2, -0.15) is 0 Å². The molecule has 0 aliphatic carbocycles. The van der Waals surface area contributed by atoms with E-state index in [1.54, 1.807) is 0 Å². The van der Waals surface area contributed by atoms with Gasteiger partial charge in [-0.05, 0) is 19.9 Å². The van der Waals surface area contributed by atoms with Crippen LogP contribution in [-0.4, -0.2) is 30.4 Å². The van der Waals surface area contributed by atoms with Crippen LogP contribution in [0.5, 0.6) is 0 Å². The predicted molar refractivity (Wildman–Crippen MR) is 53.5 cm³/mol. The zero-order valence-corrected chi connectivity index (χ0v) is 8.43. The van der Waals surface area contributed by atoms with Gasteiger partial charge in [-0.3, -0.25) is 5.41 Å². The minimum absolute atomic E-state index is 0.285. The highest BCUT2D eigenvalue weighted by Gasteiger charge is 2.09. The Morgan fingerprint density at radius 2 is 1.92 bits per heavy atom. The lowest BCUT2D eigenvalue weighted by Crippen LogP contribution is -2.33. The second-order valence-corrected chi connectivity index (χ2v) is 3.23. The van der Waals surface area contributed by atoms with Crippen LogP contribution in [0.2, 0.25) is 0 Å². The molecule has 0 aliphatic rings. The van der Waals surface area contributed by atoms with Crippen LogP contribution in [0.1, 0.15) is 33.1 Å². The van der Waals surface area contributed by atoms with Crippen molar-refractivity contribution in [1.82, 2.24) is 4.90 Å². The Balaban J connectivity index is 3.68. The Labute approximate surface area is 75.4 Å². The minimum Gasteiger partial charge on any atom is -0.388 e. The van der Waals surface area contributed by atoms with Crippen LogP contribution in [0, 0.1) is 5.41 Å². The molecule has 0 aromatic rings. The highest BCUT2D eigenvalue weighted by Crippen LogP contribution is 2.05. The van der Waals surface area contributed by atoms with E-state index in [9.17, 15) is 0 Å². The number of nitrogens with two attached hydrogens (primary N) is 1. The van der Waals surface area contributed by atoms with Gasteiger partial charge < -0.3 is 10.6 Å². The zero-order chi connectivity index (χ0) is 9.56. The second kappa shape index (κ2) is 6.00. The number of nitrogens with zero attached hydrogens (tertiary/aromatic N) is 1. The predicted octanol–water partition coefficient (Wildman–Crippen LogP) is 1.43. The smallest absolute Gasteiger partial charge is 0.0918 e. The number of rotatable bonds is 6. The van der Waals surface area contributed by atoms with Crippen molar-refractivity contribution in [3.05, 3.63) is 0 Å². The normalized spacial score (nSPS) is 11.1. The molecule has 3 heteroatoms. The quantitative estimate of drug-likeness (QED) is 0.469. The molecule has 0 unspecified atom stereocenters. The molecule has 0 spiro atoms. The molecule has 0 amide bonds. The first-order valence-electron chi connectivity index (χ1n) is 4.64. The Morgan fingerprint density at radius 3 is 2.25 bits per heavy atom. The molecule has 0 radical (unpaired) electrons.